The van der Waals surface area contributed by atoms with Crippen molar-refractivity contribution < 1.29 is 13.9 Å². The number of amides is 1. The summed E-state index contributed by atoms with van der Waals surface area (Å²) in [5.74, 6) is -0.125. The molecule has 1 saturated heterocycles. The Labute approximate surface area is 167 Å². The van der Waals surface area contributed by atoms with Gasteiger partial charge in [-0.1, -0.05) is 6.07 Å². The van der Waals surface area contributed by atoms with Gasteiger partial charge in [-0.2, -0.15) is 5.10 Å². The third kappa shape index (κ3) is 3.91. The van der Waals surface area contributed by atoms with E-state index < -0.39 is 11.9 Å². The largest absolute Gasteiger partial charge is 0.481 e. The van der Waals surface area contributed by atoms with Crippen molar-refractivity contribution in [2.45, 2.75) is 31.9 Å². The van der Waals surface area contributed by atoms with E-state index >= 15 is 0 Å². The Bertz CT molecular complexity index is 1020. The van der Waals surface area contributed by atoms with Crippen LogP contribution in [-0.4, -0.2) is 56.3 Å². The predicted octanol–water partition coefficient (Wildman–Crippen LogP) is 1.71. The Morgan fingerprint density at radius 2 is 2.21 bits per heavy atom. The number of carbonyl (C=O) groups is 1. The van der Waals surface area contributed by atoms with Crippen molar-refractivity contribution in [3.63, 3.8) is 0 Å². The first kappa shape index (κ1) is 19.3. The van der Waals surface area contributed by atoms with Gasteiger partial charge in [-0.3, -0.25) is 4.79 Å². The molecule has 1 amide bonds. The molecule has 2 aromatic heterocycles. The highest BCUT2D eigenvalue weighted by atomic mass is 19.1. The van der Waals surface area contributed by atoms with E-state index in [1.165, 1.54) is 12.1 Å². The lowest BCUT2D eigenvalue weighted by Crippen LogP contribution is -2.39. The van der Waals surface area contributed by atoms with E-state index in [1.807, 2.05) is 0 Å². The average Bonchev–Trinajstić information content (AvgIpc) is 3.33. The lowest BCUT2D eigenvalue weighted by Gasteiger charge is -2.21. The van der Waals surface area contributed by atoms with Gasteiger partial charge in [0.1, 0.15) is 17.1 Å². The highest BCUT2D eigenvalue weighted by Gasteiger charge is 2.33. The van der Waals surface area contributed by atoms with E-state index in [9.17, 15) is 9.18 Å². The number of hydrogen-bond donors (Lipinski definition) is 1. The number of benzene rings is 1. The van der Waals surface area contributed by atoms with Crippen molar-refractivity contribution in [3.05, 3.63) is 48.2 Å². The zero-order chi connectivity index (χ0) is 20.4. The number of hydrogen-bond acceptors (Lipinski definition) is 6. The fourth-order valence-corrected chi connectivity index (χ4v) is 3.71. The molecule has 0 aliphatic carbocycles. The first-order chi connectivity index (χ1) is 14.1. The highest BCUT2D eigenvalue weighted by molar-refractivity contribution is 5.81. The SMILES string of the molecule is C[C@H](Oc1cccc(F)c1)C(=O)N1CC[C@H](c2nn(CCN)c3nccnc23)C1. The molecule has 2 atom stereocenters. The van der Waals surface area contributed by atoms with E-state index in [4.69, 9.17) is 10.5 Å². The smallest absolute Gasteiger partial charge is 0.263 e. The molecule has 152 valence electrons. The number of nitrogens with two attached hydrogens (primary N) is 1. The summed E-state index contributed by atoms with van der Waals surface area (Å²) in [6, 6.07) is 5.79. The van der Waals surface area contributed by atoms with Crippen molar-refractivity contribution >= 4 is 17.1 Å². The lowest BCUT2D eigenvalue weighted by molar-refractivity contribution is -0.136. The van der Waals surface area contributed by atoms with Crippen molar-refractivity contribution in [1.82, 2.24) is 24.6 Å². The molecule has 3 heterocycles. The van der Waals surface area contributed by atoms with E-state index in [2.05, 4.69) is 15.1 Å². The lowest BCUT2D eigenvalue weighted by atomic mass is 10.0. The highest BCUT2D eigenvalue weighted by Crippen LogP contribution is 2.30. The van der Waals surface area contributed by atoms with Crippen LogP contribution in [0.1, 0.15) is 25.0 Å². The van der Waals surface area contributed by atoms with Crippen molar-refractivity contribution in [1.29, 1.82) is 0 Å². The van der Waals surface area contributed by atoms with Crippen LogP contribution in [0.4, 0.5) is 4.39 Å². The monoisotopic (exact) mass is 398 g/mol. The molecule has 2 N–H and O–H groups in total. The van der Waals surface area contributed by atoms with Gasteiger partial charge in [-0.05, 0) is 25.5 Å². The Morgan fingerprint density at radius 3 is 3.00 bits per heavy atom. The van der Waals surface area contributed by atoms with Crippen molar-refractivity contribution in [2.24, 2.45) is 5.73 Å². The molecule has 0 saturated carbocycles. The van der Waals surface area contributed by atoms with Crippen LogP contribution in [0.5, 0.6) is 5.75 Å². The summed E-state index contributed by atoms with van der Waals surface area (Å²) in [6.07, 6.45) is 3.36. The Morgan fingerprint density at radius 1 is 1.38 bits per heavy atom. The summed E-state index contributed by atoms with van der Waals surface area (Å²) in [5.41, 5.74) is 7.99. The van der Waals surface area contributed by atoms with Crippen LogP contribution < -0.4 is 10.5 Å². The maximum atomic E-state index is 13.3. The topological polar surface area (TPSA) is 99.2 Å². The Hall–Kier alpha value is -3.07. The van der Waals surface area contributed by atoms with Crippen LogP contribution in [-0.2, 0) is 11.3 Å². The summed E-state index contributed by atoms with van der Waals surface area (Å²) in [4.78, 5) is 23.4. The fourth-order valence-electron chi connectivity index (χ4n) is 3.71. The maximum absolute atomic E-state index is 13.3. The Kier molecular flexibility index (Phi) is 5.39. The third-order valence-corrected chi connectivity index (χ3v) is 5.08. The molecule has 3 aromatic rings. The first-order valence-electron chi connectivity index (χ1n) is 9.65. The van der Waals surface area contributed by atoms with Gasteiger partial charge in [0.25, 0.3) is 5.91 Å². The van der Waals surface area contributed by atoms with Gasteiger partial charge in [-0.15, -0.1) is 0 Å². The van der Waals surface area contributed by atoms with E-state index in [0.717, 1.165) is 17.6 Å². The number of nitrogens with zero attached hydrogens (tertiary/aromatic N) is 5. The van der Waals surface area contributed by atoms with Gasteiger partial charge in [0.2, 0.25) is 0 Å². The standard InChI is InChI=1S/C20H23FN6O2/c1-13(29-16-4-2-3-15(21)11-16)20(28)26-9-5-14(12-26)17-18-19(24-8-7-23-18)27(25-17)10-6-22/h2-4,7-8,11,13-14H,5-6,9-10,12,22H2,1H3/t13-,14-/m0/s1. The molecule has 0 spiro atoms. The van der Waals surface area contributed by atoms with Gasteiger partial charge < -0.3 is 15.4 Å². The molecular formula is C20H23FN6O2. The molecule has 8 nitrogen and oxygen atoms in total. The quantitative estimate of drug-likeness (QED) is 0.679. The van der Waals surface area contributed by atoms with Gasteiger partial charge >= 0.3 is 0 Å². The normalized spacial score (nSPS) is 17.6. The van der Waals surface area contributed by atoms with Crippen LogP contribution in [0, 0.1) is 5.82 Å². The van der Waals surface area contributed by atoms with Crippen LogP contribution in [0.15, 0.2) is 36.7 Å². The molecule has 0 bridgehead atoms. The molecule has 1 fully saturated rings. The predicted molar refractivity (Wildman–Crippen MR) is 105 cm³/mol. The molecule has 9 heteroatoms. The molecule has 0 unspecified atom stereocenters. The number of fused-ring (bicyclic) bond motifs is 1. The Balaban J connectivity index is 1.47. The summed E-state index contributed by atoms with van der Waals surface area (Å²) < 4.78 is 20.7. The summed E-state index contributed by atoms with van der Waals surface area (Å²) >= 11 is 0. The number of halogens is 1. The average molecular weight is 398 g/mol. The molecule has 1 aliphatic heterocycles. The van der Waals surface area contributed by atoms with Gasteiger partial charge in [0, 0.05) is 44.0 Å². The van der Waals surface area contributed by atoms with Gasteiger partial charge in [-0.25, -0.2) is 19.0 Å². The minimum Gasteiger partial charge on any atom is -0.481 e. The number of likely N-dealkylation sites (tertiary alicyclic amines) is 1. The van der Waals surface area contributed by atoms with Crippen LogP contribution in [0.3, 0.4) is 0 Å². The molecule has 29 heavy (non-hydrogen) atoms. The minimum absolute atomic E-state index is 0.0681. The van der Waals surface area contributed by atoms with Crippen molar-refractivity contribution in [2.75, 3.05) is 19.6 Å². The number of ether oxygens (including phenoxy) is 1. The second-order valence-corrected chi connectivity index (χ2v) is 7.11. The molecule has 1 aromatic carbocycles. The van der Waals surface area contributed by atoms with E-state index in [0.29, 0.717) is 37.6 Å². The van der Waals surface area contributed by atoms with Crippen LogP contribution in [0.2, 0.25) is 0 Å². The van der Waals surface area contributed by atoms with Crippen molar-refractivity contribution in [3.8, 4) is 5.75 Å². The molecule has 1 aliphatic rings. The summed E-state index contributed by atoms with van der Waals surface area (Å²) in [7, 11) is 0. The zero-order valence-electron chi connectivity index (χ0n) is 16.2. The van der Waals surface area contributed by atoms with E-state index in [1.54, 1.807) is 41.0 Å². The molecule has 4 rings (SSSR count). The fraction of sp³-hybridized carbons (Fsp3) is 0.400. The second kappa shape index (κ2) is 8.12. The summed E-state index contributed by atoms with van der Waals surface area (Å²) in [5, 5.41) is 4.68. The second-order valence-electron chi connectivity index (χ2n) is 7.11. The number of rotatable bonds is 6. The van der Waals surface area contributed by atoms with E-state index in [-0.39, 0.29) is 11.8 Å². The number of aromatic nitrogens is 4. The minimum atomic E-state index is -0.707. The van der Waals surface area contributed by atoms with Gasteiger partial charge in [0.05, 0.1) is 12.2 Å². The maximum Gasteiger partial charge on any atom is 0.263 e. The number of carbonyl (C=O) groups excluding carboxylic acids is 1. The first-order valence-corrected chi connectivity index (χ1v) is 9.65. The third-order valence-electron chi connectivity index (χ3n) is 5.08. The van der Waals surface area contributed by atoms with Crippen LogP contribution >= 0.6 is 0 Å². The molecule has 0 radical (unpaired) electrons. The summed E-state index contributed by atoms with van der Waals surface area (Å²) in [6.45, 7) is 3.82. The van der Waals surface area contributed by atoms with Crippen LogP contribution in [0.25, 0.3) is 11.2 Å². The molecular weight excluding hydrogens is 375 g/mol. The van der Waals surface area contributed by atoms with Gasteiger partial charge in [0.15, 0.2) is 11.8 Å². The zero-order valence-corrected chi connectivity index (χ0v) is 16.2.